The fourth-order valence-electron chi connectivity index (χ4n) is 1.55. The molecule has 0 spiro atoms. The first-order chi connectivity index (χ1) is 7.59. The number of amides is 1. The van der Waals surface area contributed by atoms with Crippen LogP contribution in [0.25, 0.3) is 0 Å². The van der Waals surface area contributed by atoms with Crippen LogP contribution in [0.5, 0.6) is 0 Å². The van der Waals surface area contributed by atoms with Gasteiger partial charge < -0.3 is 5.11 Å². The van der Waals surface area contributed by atoms with E-state index < -0.39 is 5.97 Å². The number of aromatic nitrogens is 2. The molecular weight excluding hydrogens is 278 g/mol. The van der Waals surface area contributed by atoms with E-state index in [2.05, 4.69) is 25.9 Å². The number of halogens is 1. The first-order valence-corrected chi connectivity index (χ1v) is 5.50. The number of carboxylic acids is 1. The van der Waals surface area contributed by atoms with Crippen LogP contribution in [-0.4, -0.2) is 38.3 Å². The summed E-state index contributed by atoms with van der Waals surface area (Å²) in [4.78, 5) is 31.5. The van der Waals surface area contributed by atoms with Gasteiger partial charge in [0.2, 0.25) is 5.91 Å². The molecule has 6 nitrogen and oxygen atoms in total. The topological polar surface area (TPSA) is 83.4 Å². The van der Waals surface area contributed by atoms with Crippen LogP contribution in [0.2, 0.25) is 0 Å². The Hall–Kier alpha value is -1.50. The monoisotopic (exact) mass is 285 g/mol. The van der Waals surface area contributed by atoms with Gasteiger partial charge in [0, 0.05) is 30.2 Å². The zero-order chi connectivity index (χ0) is 11.7. The summed E-state index contributed by atoms with van der Waals surface area (Å²) < 4.78 is 0. The second-order valence-electron chi connectivity index (χ2n) is 3.34. The number of carbonyl (C=O) groups excluding carboxylic acids is 1. The van der Waals surface area contributed by atoms with Crippen molar-refractivity contribution in [3.63, 3.8) is 0 Å². The highest BCUT2D eigenvalue weighted by molar-refractivity contribution is 9.09. The third-order valence-electron chi connectivity index (χ3n) is 2.22. The van der Waals surface area contributed by atoms with Crippen LogP contribution in [0, 0.1) is 0 Å². The zero-order valence-corrected chi connectivity index (χ0v) is 9.72. The van der Waals surface area contributed by atoms with Crippen molar-refractivity contribution in [2.24, 2.45) is 0 Å². The van der Waals surface area contributed by atoms with Crippen LogP contribution < -0.4 is 4.90 Å². The molecule has 1 amide bonds. The summed E-state index contributed by atoms with van der Waals surface area (Å²) in [5.41, 5.74) is -0.197. The molecule has 16 heavy (non-hydrogen) atoms. The second kappa shape index (κ2) is 4.17. The van der Waals surface area contributed by atoms with Gasteiger partial charge in [-0.3, -0.25) is 9.69 Å². The van der Waals surface area contributed by atoms with Crippen molar-refractivity contribution in [3.8, 4) is 0 Å². The average Bonchev–Trinajstić information content (AvgIpc) is 2.57. The maximum atomic E-state index is 11.6. The highest BCUT2D eigenvalue weighted by atomic mass is 79.9. The van der Waals surface area contributed by atoms with Gasteiger partial charge in [-0.25, -0.2) is 14.8 Å². The standard InChI is InChI=1S/C9H8BrN3O3/c10-5-3-6(14)13(4-5)8-7(9(15)16)11-1-2-12-8/h1-2,5H,3-4H2,(H,15,16). The molecule has 7 heteroatoms. The van der Waals surface area contributed by atoms with E-state index in [1.165, 1.54) is 17.3 Å². The molecular formula is C9H8BrN3O3. The number of carbonyl (C=O) groups is 2. The lowest BCUT2D eigenvalue weighted by Gasteiger charge is -2.15. The molecule has 84 valence electrons. The number of hydrogen-bond donors (Lipinski definition) is 1. The van der Waals surface area contributed by atoms with Crippen molar-refractivity contribution in [1.82, 2.24) is 9.97 Å². The summed E-state index contributed by atoms with van der Waals surface area (Å²) in [7, 11) is 0. The molecule has 1 aromatic rings. The summed E-state index contributed by atoms with van der Waals surface area (Å²) >= 11 is 3.32. The van der Waals surface area contributed by atoms with E-state index in [4.69, 9.17) is 5.11 Å². The molecule has 1 saturated heterocycles. The maximum absolute atomic E-state index is 11.6. The molecule has 1 N–H and O–H groups in total. The minimum absolute atomic E-state index is 0.0312. The van der Waals surface area contributed by atoms with Crippen molar-refractivity contribution in [2.45, 2.75) is 11.2 Å². The molecule has 1 atom stereocenters. The Morgan fingerprint density at radius 3 is 2.75 bits per heavy atom. The van der Waals surface area contributed by atoms with Crippen molar-refractivity contribution in [2.75, 3.05) is 11.4 Å². The molecule has 0 aromatic carbocycles. The molecule has 2 rings (SSSR count). The van der Waals surface area contributed by atoms with Crippen LogP contribution in [0.3, 0.4) is 0 Å². The van der Waals surface area contributed by atoms with Crippen molar-refractivity contribution < 1.29 is 14.7 Å². The minimum Gasteiger partial charge on any atom is -0.476 e. The largest absolute Gasteiger partial charge is 0.476 e. The van der Waals surface area contributed by atoms with Gasteiger partial charge in [-0.05, 0) is 0 Å². The number of alkyl halides is 1. The number of hydrogen-bond acceptors (Lipinski definition) is 4. The predicted octanol–water partition coefficient (Wildman–Crippen LogP) is 0.675. The van der Waals surface area contributed by atoms with Gasteiger partial charge in [0.25, 0.3) is 0 Å². The first-order valence-electron chi connectivity index (χ1n) is 4.58. The Morgan fingerprint density at radius 2 is 2.19 bits per heavy atom. The lowest BCUT2D eigenvalue weighted by molar-refractivity contribution is -0.117. The van der Waals surface area contributed by atoms with Gasteiger partial charge in [0.05, 0.1) is 0 Å². The van der Waals surface area contributed by atoms with Crippen LogP contribution in [0.15, 0.2) is 12.4 Å². The van der Waals surface area contributed by atoms with Gasteiger partial charge >= 0.3 is 5.97 Å². The van der Waals surface area contributed by atoms with Crippen molar-refractivity contribution >= 4 is 33.6 Å². The molecule has 0 radical (unpaired) electrons. The number of nitrogens with zero attached hydrogens (tertiary/aromatic N) is 3. The molecule has 0 bridgehead atoms. The Bertz CT molecular complexity index is 451. The van der Waals surface area contributed by atoms with Gasteiger partial charge in [-0.15, -0.1) is 0 Å². The fourth-order valence-corrected chi connectivity index (χ4v) is 2.11. The normalized spacial score (nSPS) is 20.2. The lowest BCUT2D eigenvalue weighted by Crippen LogP contribution is -2.28. The maximum Gasteiger partial charge on any atom is 0.358 e. The predicted molar refractivity (Wildman–Crippen MR) is 58.7 cm³/mol. The Labute approximate surface area is 99.4 Å². The summed E-state index contributed by atoms with van der Waals surface area (Å²) in [5, 5.41) is 8.93. The summed E-state index contributed by atoms with van der Waals surface area (Å²) in [5.74, 6) is -1.22. The first kappa shape index (κ1) is 11.0. The molecule has 1 aliphatic rings. The van der Waals surface area contributed by atoms with Gasteiger partial charge in [-0.1, -0.05) is 15.9 Å². The van der Waals surface area contributed by atoms with E-state index >= 15 is 0 Å². The quantitative estimate of drug-likeness (QED) is 0.808. The molecule has 1 aromatic heterocycles. The number of anilines is 1. The Balaban J connectivity index is 2.40. The minimum atomic E-state index is -1.19. The smallest absolute Gasteiger partial charge is 0.358 e. The Morgan fingerprint density at radius 1 is 1.50 bits per heavy atom. The van der Waals surface area contributed by atoms with E-state index in [1.807, 2.05) is 0 Å². The zero-order valence-electron chi connectivity index (χ0n) is 8.13. The van der Waals surface area contributed by atoms with Gasteiger partial charge in [0.1, 0.15) is 0 Å². The lowest BCUT2D eigenvalue weighted by atomic mass is 10.4. The molecule has 1 unspecified atom stereocenters. The highest BCUT2D eigenvalue weighted by Crippen LogP contribution is 2.25. The SMILES string of the molecule is O=C(O)c1nccnc1N1CC(Br)CC1=O. The van der Waals surface area contributed by atoms with Crippen LogP contribution in [-0.2, 0) is 4.79 Å². The Kier molecular flexibility index (Phi) is 2.86. The molecule has 1 fully saturated rings. The second-order valence-corrected chi connectivity index (χ2v) is 4.63. The number of rotatable bonds is 2. The molecule has 0 aliphatic carbocycles. The molecule has 0 saturated carbocycles. The molecule has 1 aliphatic heterocycles. The van der Waals surface area contributed by atoms with Crippen LogP contribution in [0.4, 0.5) is 5.82 Å². The summed E-state index contributed by atoms with van der Waals surface area (Å²) in [6.07, 6.45) is 3.01. The van der Waals surface area contributed by atoms with E-state index in [9.17, 15) is 9.59 Å². The van der Waals surface area contributed by atoms with Crippen LogP contribution >= 0.6 is 15.9 Å². The number of carboxylic acid groups (broad SMARTS) is 1. The van der Waals surface area contributed by atoms with E-state index in [0.29, 0.717) is 13.0 Å². The number of aromatic carboxylic acids is 1. The fraction of sp³-hybridized carbons (Fsp3) is 0.333. The van der Waals surface area contributed by atoms with E-state index in [1.54, 1.807) is 0 Å². The van der Waals surface area contributed by atoms with Crippen molar-refractivity contribution in [1.29, 1.82) is 0 Å². The van der Waals surface area contributed by atoms with E-state index in [0.717, 1.165) is 0 Å². The summed E-state index contributed by atoms with van der Waals surface area (Å²) in [6.45, 7) is 0.414. The van der Waals surface area contributed by atoms with Gasteiger partial charge in [-0.2, -0.15) is 0 Å². The third-order valence-corrected chi connectivity index (χ3v) is 2.83. The van der Waals surface area contributed by atoms with Crippen molar-refractivity contribution in [3.05, 3.63) is 18.1 Å². The summed E-state index contributed by atoms with van der Waals surface area (Å²) in [6, 6.07) is 0. The molecule has 2 heterocycles. The average molecular weight is 286 g/mol. The van der Waals surface area contributed by atoms with Gasteiger partial charge in [0.15, 0.2) is 11.5 Å². The highest BCUT2D eigenvalue weighted by Gasteiger charge is 2.32. The van der Waals surface area contributed by atoms with E-state index in [-0.39, 0.29) is 22.2 Å². The van der Waals surface area contributed by atoms with Crippen LogP contribution in [0.1, 0.15) is 16.9 Å². The third kappa shape index (κ3) is 1.90.